The minimum atomic E-state index is -0.293. The molecule has 1 aromatic carbocycles. The van der Waals surface area contributed by atoms with Crippen LogP contribution in [-0.2, 0) is 16.1 Å². The molecule has 2 fully saturated rings. The molecule has 5 nitrogen and oxygen atoms in total. The topological polar surface area (TPSA) is 52.7 Å². The summed E-state index contributed by atoms with van der Waals surface area (Å²) in [5.41, 5.74) is 0.503. The zero-order chi connectivity index (χ0) is 18.4. The Morgan fingerprint density at radius 2 is 2.04 bits per heavy atom. The standard InChI is InChI=1S/C20H28FN3O2/c21-18-8-2-1-6-16(18)14-22-19(25)15-24-11-4-3-7-17(24)10-13-23-12-5-9-20(23)26/h1-2,6,8,17H,3-5,7,9-15H2,(H,22,25). The predicted molar refractivity (Wildman–Crippen MR) is 97.9 cm³/mol. The van der Waals surface area contributed by atoms with Crippen LogP contribution in [0.5, 0.6) is 0 Å². The molecule has 2 aliphatic heterocycles. The Hall–Kier alpha value is -1.95. The molecule has 0 radical (unpaired) electrons. The summed E-state index contributed by atoms with van der Waals surface area (Å²) in [5, 5.41) is 2.83. The van der Waals surface area contributed by atoms with Crippen molar-refractivity contribution in [2.45, 2.75) is 51.1 Å². The number of halogens is 1. The van der Waals surface area contributed by atoms with Crippen molar-refractivity contribution in [2.24, 2.45) is 0 Å². The maximum atomic E-state index is 13.6. The van der Waals surface area contributed by atoms with Gasteiger partial charge in [0, 0.05) is 37.7 Å². The molecule has 2 aliphatic rings. The van der Waals surface area contributed by atoms with Crippen molar-refractivity contribution in [1.82, 2.24) is 15.1 Å². The number of nitrogens with zero attached hydrogens (tertiary/aromatic N) is 2. The van der Waals surface area contributed by atoms with Crippen LogP contribution in [0.15, 0.2) is 24.3 Å². The summed E-state index contributed by atoms with van der Waals surface area (Å²) >= 11 is 0. The number of rotatable bonds is 7. The van der Waals surface area contributed by atoms with E-state index in [9.17, 15) is 14.0 Å². The number of likely N-dealkylation sites (tertiary alicyclic amines) is 2. The van der Waals surface area contributed by atoms with E-state index in [0.29, 0.717) is 24.6 Å². The Morgan fingerprint density at radius 3 is 2.81 bits per heavy atom. The highest BCUT2D eigenvalue weighted by molar-refractivity contribution is 5.78. The van der Waals surface area contributed by atoms with E-state index < -0.39 is 0 Å². The maximum absolute atomic E-state index is 13.6. The fraction of sp³-hybridized carbons (Fsp3) is 0.600. The number of carbonyl (C=O) groups excluding carboxylic acids is 2. The first kappa shape index (κ1) is 18.8. The summed E-state index contributed by atoms with van der Waals surface area (Å²) in [6.45, 7) is 3.12. The van der Waals surface area contributed by atoms with E-state index in [0.717, 1.165) is 45.3 Å². The van der Waals surface area contributed by atoms with Crippen LogP contribution in [-0.4, -0.2) is 53.8 Å². The smallest absolute Gasteiger partial charge is 0.234 e. The maximum Gasteiger partial charge on any atom is 0.234 e. The van der Waals surface area contributed by atoms with E-state index in [1.807, 2.05) is 4.90 Å². The molecule has 6 heteroatoms. The lowest BCUT2D eigenvalue weighted by Crippen LogP contribution is -2.46. The fourth-order valence-electron chi connectivity index (χ4n) is 3.92. The zero-order valence-corrected chi connectivity index (χ0v) is 15.3. The first-order chi connectivity index (χ1) is 12.6. The highest BCUT2D eigenvalue weighted by atomic mass is 19.1. The molecular weight excluding hydrogens is 333 g/mol. The molecule has 26 heavy (non-hydrogen) atoms. The molecule has 0 aliphatic carbocycles. The van der Waals surface area contributed by atoms with Crippen molar-refractivity contribution in [1.29, 1.82) is 0 Å². The normalized spacial score (nSPS) is 21.2. The second-order valence-electron chi connectivity index (χ2n) is 7.26. The summed E-state index contributed by atoms with van der Waals surface area (Å²) < 4.78 is 13.6. The first-order valence-corrected chi connectivity index (χ1v) is 9.65. The van der Waals surface area contributed by atoms with E-state index in [-0.39, 0.29) is 24.2 Å². The van der Waals surface area contributed by atoms with Gasteiger partial charge in [-0.1, -0.05) is 24.6 Å². The number of carbonyl (C=O) groups is 2. The van der Waals surface area contributed by atoms with Gasteiger partial charge in [-0.2, -0.15) is 0 Å². The van der Waals surface area contributed by atoms with Crippen LogP contribution in [0.25, 0.3) is 0 Å². The third-order valence-corrected chi connectivity index (χ3v) is 5.43. The minimum absolute atomic E-state index is 0.0719. The zero-order valence-electron chi connectivity index (χ0n) is 15.3. The molecule has 0 saturated carbocycles. The highest BCUT2D eigenvalue weighted by Crippen LogP contribution is 2.21. The Labute approximate surface area is 154 Å². The number of hydrogen-bond acceptors (Lipinski definition) is 3. The van der Waals surface area contributed by atoms with Crippen LogP contribution in [0, 0.1) is 5.82 Å². The van der Waals surface area contributed by atoms with Gasteiger partial charge < -0.3 is 10.2 Å². The number of hydrogen-bond donors (Lipinski definition) is 1. The fourth-order valence-corrected chi connectivity index (χ4v) is 3.92. The molecule has 3 rings (SSSR count). The lowest BCUT2D eigenvalue weighted by atomic mass is 9.99. The van der Waals surface area contributed by atoms with Gasteiger partial charge in [0.1, 0.15) is 5.82 Å². The minimum Gasteiger partial charge on any atom is -0.351 e. The van der Waals surface area contributed by atoms with Gasteiger partial charge in [-0.3, -0.25) is 14.5 Å². The molecule has 1 N–H and O–H groups in total. The van der Waals surface area contributed by atoms with E-state index in [1.165, 1.54) is 12.5 Å². The van der Waals surface area contributed by atoms with Crippen LogP contribution >= 0.6 is 0 Å². The number of piperidine rings is 1. The summed E-state index contributed by atoms with van der Waals surface area (Å²) in [7, 11) is 0. The summed E-state index contributed by atoms with van der Waals surface area (Å²) in [6, 6.07) is 6.85. The Bertz CT molecular complexity index is 637. The monoisotopic (exact) mass is 361 g/mol. The number of benzene rings is 1. The molecule has 0 spiro atoms. The largest absolute Gasteiger partial charge is 0.351 e. The average molecular weight is 361 g/mol. The van der Waals surface area contributed by atoms with Gasteiger partial charge in [-0.05, 0) is 38.3 Å². The lowest BCUT2D eigenvalue weighted by molar-refractivity contribution is -0.128. The SMILES string of the molecule is O=C(CN1CCCCC1CCN1CCCC1=O)NCc1ccccc1F. The second kappa shape index (κ2) is 9.12. The van der Waals surface area contributed by atoms with Gasteiger partial charge in [0.25, 0.3) is 0 Å². The van der Waals surface area contributed by atoms with Crippen molar-refractivity contribution < 1.29 is 14.0 Å². The van der Waals surface area contributed by atoms with Gasteiger partial charge in [0.2, 0.25) is 11.8 Å². The van der Waals surface area contributed by atoms with Crippen molar-refractivity contribution in [3.05, 3.63) is 35.6 Å². The van der Waals surface area contributed by atoms with Crippen molar-refractivity contribution in [3.63, 3.8) is 0 Å². The predicted octanol–water partition coefficient (Wildman–Crippen LogP) is 2.31. The van der Waals surface area contributed by atoms with E-state index in [4.69, 9.17) is 0 Å². The Balaban J connectivity index is 1.47. The summed E-state index contributed by atoms with van der Waals surface area (Å²) in [4.78, 5) is 28.3. The number of amides is 2. The lowest BCUT2D eigenvalue weighted by Gasteiger charge is -2.36. The second-order valence-corrected chi connectivity index (χ2v) is 7.26. The molecule has 142 valence electrons. The van der Waals surface area contributed by atoms with Crippen LogP contribution < -0.4 is 5.32 Å². The molecule has 2 heterocycles. The third-order valence-electron chi connectivity index (χ3n) is 5.43. The van der Waals surface area contributed by atoms with Gasteiger partial charge in [-0.25, -0.2) is 4.39 Å². The van der Waals surface area contributed by atoms with Gasteiger partial charge in [0.15, 0.2) is 0 Å². The quantitative estimate of drug-likeness (QED) is 0.811. The summed E-state index contributed by atoms with van der Waals surface area (Å²) in [5.74, 6) is -0.105. The molecule has 0 bridgehead atoms. The van der Waals surface area contributed by atoms with Crippen molar-refractivity contribution in [2.75, 3.05) is 26.2 Å². The van der Waals surface area contributed by atoms with Crippen LogP contribution in [0.1, 0.15) is 44.1 Å². The Morgan fingerprint density at radius 1 is 1.19 bits per heavy atom. The van der Waals surface area contributed by atoms with Crippen molar-refractivity contribution in [3.8, 4) is 0 Å². The van der Waals surface area contributed by atoms with Crippen molar-refractivity contribution >= 4 is 11.8 Å². The van der Waals surface area contributed by atoms with Gasteiger partial charge >= 0.3 is 0 Å². The Kier molecular flexibility index (Phi) is 6.61. The highest BCUT2D eigenvalue weighted by Gasteiger charge is 2.26. The van der Waals surface area contributed by atoms with Gasteiger partial charge in [0.05, 0.1) is 6.54 Å². The van der Waals surface area contributed by atoms with Crippen LogP contribution in [0.3, 0.4) is 0 Å². The molecule has 1 unspecified atom stereocenters. The van der Waals surface area contributed by atoms with Gasteiger partial charge in [-0.15, -0.1) is 0 Å². The molecule has 1 aromatic rings. The van der Waals surface area contributed by atoms with E-state index in [1.54, 1.807) is 18.2 Å². The third kappa shape index (κ3) is 5.04. The van der Waals surface area contributed by atoms with E-state index in [2.05, 4.69) is 10.2 Å². The molecule has 2 saturated heterocycles. The van der Waals surface area contributed by atoms with Crippen LogP contribution in [0.4, 0.5) is 4.39 Å². The number of nitrogens with one attached hydrogen (secondary N) is 1. The molecule has 2 amide bonds. The van der Waals surface area contributed by atoms with Crippen LogP contribution in [0.2, 0.25) is 0 Å². The molecule has 1 atom stereocenters. The average Bonchev–Trinajstić information content (AvgIpc) is 3.05. The molecular formula is C20H28FN3O2. The molecule has 0 aromatic heterocycles. The van der Waals surface area contributed by atoms with E-state index >= 15 is 0 Å². The first-order valence-electron chi connectivity index (χ1n) is 9.65. The summed E-state index contributed by atoms with van der Waals surface area (Å²) in [6.07, 6.45) is 5.90.